The van der Waals surface area contributed by atoms with E-state index in [2.05, 4.69) is 34.6 Å². The van der Waals surface area contributed by atoms with Gasteiger partial charge in [0.15, 0.2) is 0 Å². The Balaban J connectivity index is 1.32. The average Bonchev–Trinajstić information content (AvgIpc) is 3.34. The van der Waals surface area contributed by atoms with Gasteiger partial charge in [0, 0.05) is 6.92 Å². The molecule has 0 aromatic rings. The normalized spacial score (nSPS) is 56.1. The van der Waals surface area contributed by atoms with E-state index < -0.39 is 5.60 Å². The summed E-state index contributed by atoms with van der Waals surface area (Å²) in [5, 5.41) is 10.9. The van der Waals surface area contributed by atoms with Crippen molar-refractivity contribution in [2.24, 2.45) is 50.7 Å². The summed E-state index contributed by atoms with van der Waals surface area (Å²) in [5.41, 5.74) is 1.03. The number of hydrogen-bond acceptors (Lipinski definition) is 4. The first kappa shape index (κ1) is 24.7. The van der Waals surface area contributed by atoms with Gasteiger partial charge in [-0.3, -0.25) is 4.79 Å². The van der Waals surface area contributed by atoms with E-state index in [0.29, 0.717) is 39.4 Å². The molecule has 2 spiro atoms. The van der Waals surface area contributed by atoms with Crippen LogP contribution in [0.2, 0.25) is 0 Å². The van der Waals surface area contributed by atoms with Crippen LogP contribution in [0.25, 0.3) is 0 Å². The highest BCUT2D eigenvalue weighted by atomic mass is 16.6. The number of aliphatic hydroxyl groups is 1. The maximum Gasteiger partial charge on any atom is 0.303 e. The molecule has 6 rings (SSSR count). The fourth-order valence-corrected chi connectivity index (χ4v) is 12.2. The van der Waals surface area contributed by atoms with E-state index in [1.165, 1.54) is 45.4 Å². The minimum absolute atomic E-state index is 0.0346. The summed E-state index contributed by atoms with van der Waals surface area (Å²) in [4.78, 5) is 11.8. The van der Waals surface area contributed by atoms with Crippen LogP contribution in [-0.4, -0.2) is 35.0 Å². The van der Waals surface area contributed by atoms with Crippen LogP contribution in [0.15, 0.2) is 0 Å². The summed E-state index contributed by atoms with van der Waals surface area (Å²) in [6.07, 6.45) is 11.2. The quantitative estimate of drug-likeness (QED) is 0.451. The molecule has 198 valence electrons. The Morgan fingerprint density at radius 1 is 0.971 bits per heavy atom. The predicted octanol–water partition coefficient (Wildman–Crippen LogP) is 6.53. The van der Waals surface area contributed by atoms with Crippen LogP contribution in [0.5, 0.6) is 0 Å². The Bertz CT molecular complexity index is 925. The lowest BCUT2D eigenvalue weighted by Crippen LogP contribution is -2.58. The number of rotatable bonds is 2. The Morgan fingerprint density at radius 3 is 2.31 bits per heavy atom. The summed E-state index contributed by atoms with van der Waals surface area (Å²) in [5.74, 6) is 2.40. The molecule has 1 saturated heterocycles. The molecule has 6 fully saturated rings. The Labute approximate surface area is 213 Å². The van der Waals surface area contributed by atoms with Gasteiger partial charge in [0.05, 0.1) is 18.3 Å². The number of hydrogen-bond donors (Lipinski definition) is 1. The third-order valence-corrected chi connectivity index (χ3v) is 13.8. The summed E-state index contributed by atoms with van der Waals surface area (Å²) >= 11 is 0. The van der Waals surface area contributed by atoms with E-state index in [-0.39, 0.29) is 29.7 Å². The molecule has 1 N–H and O–H groups in total. The zero-order chi connectivity index (χ0) is 25.4. The van der Waals surface area contributed by atoms with Gasteiger partial charge in [-0.2, -0.15) is 0 Å². The molecule has 5 aliphatic carbocycles. The highest BCUT2D eigenvalue weighted by molar-refractivity contribution is 5.66. The van der Waals surface area contributed by atoms with E-state index in [1.807, 2.05) is 13.8 Å². The van der Waals surface area contributed by atoms with Crippen LogP contribution in [0.3, 0.4) is 0 Å². The van der Waals surface area contributed by atoms with Gasteiger partial charge in [-0.25, -0.2) is 0 Å². The average molecular weight is 487 g/mol. The van der Waals surface area contributed by atoms with Gasteiger partial charge in [-0.1, -0.05) is 34.6 Å². The fraction of sp³-hybridized carbons (Fsp3) is 0.968. The molecule has 4 heteroatoms. The predicted molar refractivity (Wildman–Crippen MR) is 137 cm³/mol. The molecule has 11 atom stereocenters. The van der Waals surface area contributed by atoms with Crippen molar-refractivity contribution in [1.82, 2.24) is 0 Å². The van der Waals surface area contributed by atoms with Crippen molar-refractivity contribution in [3.8, 4) is 0 Å². The zero-order valence-electron chi connectivity index (χ0n) is 23.6. The minimum Gasteiger partial charge on any atom is -0.457 e. The van der Waals surface area contributed by atoms with Crippen molar-refractivity contribution in [3.05, 3.63) is 0 Å². The standard InChI is InChI=1S/C31H50O4/c1-18-15-24(27(5,6)35-19(2)32)34-20-16-29(8)22-10-9-21-26(3,4)23(33)11-12-30(21)17-31(22,30)14-13-28(29,7)25(18)20/h18,20-25,33H,9-17H2,1-8H3. The first-order chi connectivity index (χ1) is 16.1. The minimum atomic E-state index is -0.588. The van der Waals surface area contributed by atoms with E-state index in [4.69, 9.17) is 9.47 Å². The molecule has 0 aromatic carbocycles. The van der Waals surface area contributed by atoms with Crippen molar-refractivity contribution in [2.75, 3.05) is 0 Å². The monoisotopic (exact) mass is 486 g/mol. The molecule has 0 bridgehead atoms. The fourth-order valence-electron chi connectivity index (χ4n) is 12.2. The topological polar surface area (TPSA) is 55.8 Å². The summed E-state index contributed by atoms with van der Waals surface area (Å²) < 4.78 is 12.7. The van der Waals surface area contributed by atoms with Gasteiger partial charge in [0.25, 0.3) is 0 Å². The highest BCUT2D eigenvalue weighted by Crippen LogP contribution is 2.89. The second kappa shape index (κ2) is 7.07. The Morgan fingerprint density at radius 2 is 1.63 bits per heavy atom. The maximum absolute atomic E-state index is 11.8. The van der Waals surface area contributed by atoms with Crippen LogP contribution in [0.1, 0.15) is 113 Å². The molecule has 0 aromatic heterocycles. The van der Waals surface area contributed by atoms with Crippen LogP contribution in [0, 0.1) is 50.7 Å². The largest absolute Gasteiger partial charge is 0.457 e. The lowest BCUT2D eigenvalue weighted by Gasteiger charge is -2.63. The van der Waals surface area contributed by atoms with Crippen molar-refractivity contribution in [2.45, 2.75) is 137 Å². The number of aliphatic hydroxyl groups excluding tert-OH is 1. The lowest BCUT2D eigenvalue weighted by molar-refractivity contribution is -0.202. The molecule has 1 aliphatic heterocycles. The second-order valence-corrected chi connectivity index (χ2v) is 15.7. The van der Waals surface area contributed by atoms with Gasteiger partial charge < -0.3 is 14.6 Å². The van der Waals surface area contributed by atoms with Gasteiger partial charge in [-0.15, -0.1) is 0 Å². The first-order valence-corrected chi connectivity index (χ1v) is 14.7. The zero-order valence-corrected chi connectivity index (χ0v) is 23.6. The second-order valence-electron chi connectivity index (χ2n) is 15.7. The van der Waals surface area contributed by atoms with Gasteiger partial charge in [0.2, 0.25) is 0 Å². The van der Waals surface area contributed by atoms with E-state index in [9.17, 15) is 9.90 Å². The van der Waals surface area contributed by atoms with Gasteiger partial charge in [0.1, 0.15) is 5.60 Å². The molecule has 5 saturated carbocycles. The summed E-state index contributed by atoms with van der Waals surface area (Å²) in [6, 6.07) is 0. The number of carbonyl (C=O) groups is 1. The highest BCUT2D eigenvalue weighted by Gasteiger charge is 2.83. The molecular weight excluding hydrogens is 436 g/mol. The van der Waals surface area contributed by atoms with Gasteiger partial charge in [-0.05, 0) is 122 Å². The molecule has 4 nitrogen and oxygen atoms in total. The van der Waals surface area contributed by atoms with E-state index >= 15 is 0 Å². The number of carbonyl (C=O) groups excluding carboxylic acids is 1. The van der Waals surface area contributed by atoms with Crippen molar-refractivity contribution < 1.29 is 19.4 Å². The molecule has 0 radical (unpaired) electrons. The third-order valence-electron chi connectivity index (χ3n) is 13.8. The molecule has 11 unspecified atom stereocenters. The number of ether oxygens (including phenoxy) is 2. The number of esters is 1. The van der Waals surface area contributed by atoms with Crippen LogP contribution in [0.4, 0.5) is 0 Å². The van der Waals surface area contributed by atoms with Crippen molar-refractivity contribution in [3.63, 3.8) is 0 Å². The van der Waals surface area contributed by atoms with Crippen LogP contribution in [-0.2, 0) is 14.3 Å². The molecule has 6 aliphatic rings. The first-order valence-electron chi connectivity index (χ1n) is 14.7. The van der Waals surface area contributed by atoms with E-state index in [0.717, 1.165) is 25.2 Å². The maximum atomic E-state index is 11.8. The Kier molecular flexibility index (Phi) is 4.99. The lowest BCUT2D eigenvalue weighted by atomic mass is 9.41. The number of fused-ring (bicyclic) bond motifs is 4. The van der Waals surface area contributed by atoms with Crippen LogP contribution < -0.4 is 0 Å². The Hall–Kier alpha value is -0.610. The van der Waals surface area contributed by atoms with Crippen molar-refractivity contribution in [1.29, 1.82) is 0 Å². The smallest absolute Gasteiger partial charge is 0.303 e. The SMILES string of the molecule is CC(=O)OC(C)(C)C1CC(C)C2C(CC3(C)C4CCC5C(C)(C)C(O)CCC56CC46CCC23C)O1. The summed E-state index contributed by atoms with van der Waals surface area (Å²) in [7, 11) is 0. The van der Waals surface area contributed by atoms with Gasteiger partial charge >= 0.3 is 5.97 Å². The summed E-state index contributed by atoms with van der Waals surface area (Å²) in [6.45, 7) is 18.0. The molecule has 0 amide bonds. The van der Waals surface area contributed by atoms with Crippen molar-refractivity contribution >= 4 is 5.97 Å². The van der Waals surface area contributed by atoms with Crippen LogP contribution >= 0.6 is 0 Å². The molecule has 1 heterocycles. The third kappa shape index (κ3) is 2.85. The van der Waals surface area contributed by atoms with E-state index in [1.54, 1.807) is 0 Å². The molecular formula is C31H50O4. The molecule has 35 heavy (non-hydrogen) atoms.